The Hall–Kier alpha value is -2.66. The molecule has 0 bridgehead atoms. The predicted molar refractivity (Wildman–Crippen MR) is 94.1 cm³/mol. The van der Waals surface area contributed by atoms with E-state index >= 15 is 0 Å². The molecule has 0 saturated heterocycles. The maximum Gasteiger partial charge on any atom is 0.270 e. The summed E-state index contributed by atoms with van der Waals surface area (Å²) in [5.74, 6) is 0. The van der Waals surface area contributed by atoms with Crippen LogP contribution in [-0.4, -0.2) is 27.9 Å². The van der Waals surface area contributed by atoms with Gasteiger partial charge in [0, 0.05) is 48.9 Å². The zero-order valence-electron chi connectivity index (χ0n) is 13.4. The smallest absolute Gasteiger partial charge is 0.270 e. The molecule has 0 amide bonds. The molecule has 1 aliphatic rings. The Balaban J connectivity index is 1.49. The average Bonchev–Trinajstić information content (AvgIpc) is 3.02. The lowest BCUT2D eigenvalue weighted by molar-refractivity contribution is -0.384. The third-order valence-electron chi connectivity index (χ3n) is 4.87. The number of aromatic amines is 1. The summed E-state index contributed by atoms with van der Waals surface area (Å²) in [5.41, 5.74) is 5.12. The topological polar surface area (TPSA) is 62.2 Å². The fourth-order valence-electron chi connectivity index (χ4n) is 3.51. The van der Waals surface area contributed by atoms with Crippen LogP contribution < -0.4 is 0 Å². The van der Waals surface area contributed by atoms with E-state index in [1.54, 1.807) is 18.2 Å². The highest BCUT2D eigenvalue weighted by molar-refractivity contribution is 5.85. The number of nitro benzene ring substituents is 1. The summed E-state index contributed by atoms with van der Waals surface area (Å²) in [5, 5.41) is 11.9. The van der Waals surface area contributed by atoms with E-state index in [1.165, 1.54) is 11.1 Å². The number of hydrogen-bond acceptors (Lipinski definition) is 3. The molecular weight excluding hydrogens is 302 g/mol. The molecule has 24 heavy (non-hydrogen) atoms. The molecule has 4 rings (SSSR count). The van der Waals surface area contributed by atoms with E-state index < -0.39 is 0 Å². The van der Waals surface area contributed by atoms with Crippen LogP contribution in [0, 0.1) is 10.1 Å². The SMILES string of the molecule is O=[N+]([O-])c1ccc2[nH]cc(CCN3CCc4ccccc4C3)c2c1. The maximum absolute atomic E-state index is 11.0. The molecule has 2 heterocycles. The highest BCUT2D eigenvalue weighted by atomic mass is 16.6. The molecular formula is C19H19N3O2. The number of hydrogen-bond donors (Lipinski definition) is 1. The molecule has 0 unspecified atom stereocenters. The Morgan fingerprint density at radius 2 is 2.00 bits per heavy atom. The third-order valence-corrected chi connectivity index (χ3v) is 4.87. The van der Waals surface area contributed by atoms with E-state index in [-0.39, 0.29) is 10.6 Å². The van der Waals surface area contributed by atoms with Gasteiger partial charge in [-0.15, -0.1) is 0 Å². The number of non-ortho nitro benzene ring substituents is 1. The van der Waals surface area contributed by atoms with Gasteiger partial charge in [-0.2, -0.15) is 0 Å². The molecule has 0 atom stereocenters. The van der Waals surface area contributed by atoms with Crippen LogP contribution in [0.2, 0.25) is 0 Å². The van der Waals surface area contributed by atoms with Crippen molar-refractivity contribution in [2.75, 3.05) is 13.1 Å². The van der Waals surface area contributed by atoms with Crippen molar-refractivity contribution in [2.24, 2.45) is 0 Å². The van der Waals surface area contributed by atoms with E-state index in [4.69, 9.17) is 0 Å². The van der Waals surface area contributed by atoms with Gasteiger partial charge in [-0.3, -0.25) is 15.0 Å². The number of aromatic nitrogens is 1. The zero-order valence-corrected chi connectivity index (χ0v) is 13.4. The van der Waals surface area contributed by atoms with Crippen LogP contribution in [0.5, 0.6) is 0 Å². The molecule has 0 radical (unpaired) electrons. The molecule has 3 aromatic rings. The molecule has 5 nitrogen and oxygen atoms in total. The summed E-state index contributed by atoms with van der Waals surface area (Å²) in [4.78, 5) is 16.3. The number of rotatable bonds is 4. The zero-order chi connectivity index (χ0) is 16.5. The fraction of sp³-hybridized carbons (Fsp3) is 0.263. The van der Waals surface area contributed by atoms with Crippen LogP contribution in [0.25, 0.3) is 10.9 Å². The lowest BCUT2D eigenvalue weighted by atomic mass is 9.99. The van der Waals surface area contributed by atoms with Crippen molar-refractivity contribution in [3.8, 4) is 0 Å². The molecule has 2 aromatic carbocycles. The van der Waals surface area contributed by atoms with Crippen molar-refractivity contribution in [3.05, 3.63) is 75.5 Å². The first-order chi connectivity index (χ1) is 11.7. The predicted octanol–water partition coefficient (Wildman–Crippen LogP) is 3.68. The third kappa shape index (κ3) is 2.78. The van der Waals surface area contributed by atoms with Gasteiger partial charge in [0.15, 0.2) is 0 Å². The number of nitrogens with one attached hydrogen (secondary N) is 1. The van der Waals surface area contributed by atoms with E-state index in [1.807, 2.05) is 6.20 Å². The normalized spacial score (nSPS) is 14.7. The Morgan fingerprint density at radius 1 is 1.17 bits per heavy atom. The second-order valence-corrected chi connectivity index (χ2v) is 6.35. The van der Waals surface area contributed by atoms with Gasteiger partial charge >= 0.3 is 0 Å². The van der Waals surface area contributed by atoms with Gasteiger partial charge in [0.05, 0.1) is 4.92 Å². The van der Waals surface area contributed by atoms with Gasteiger partial charge in [-0.05, 0) is 35.6 Å². The Bertz CT molecular complexity index is 901. The largest absolute Gasteiger partial charge is 0.361 e. The van der Waals surface area contributed by atoms with Gasteiger partial charge in [-0.1, -0.05) is 24.3 Å². The first-order valence-corrected chi connectivity index (χ1v) is 8.24. The standard InChI is InChI=1S/C19H19N3O2/c23-22(24)17-5-6-19-18(11-17)15(12-20-19)8-10-21-9-7-14-3-1-2-4-16(14)13-21/h1-6,11-12,20H,7-10,13H2. The van der Waals surface area contributed by atoms with Crippen LogP contribution in [-0.2, 0) is 19.4 Å². The minimum absolute atomic E-state index is 0.148. The minimum atomic E-state index is -0.336. The number of fused-ring (bicyclic) bond motifs is 2. The quantitative estimate of drug-likeness (QED) is 0.589. The van der Waals surface area contributed by atoms with Gasteiger partial charge in [0.2, 0.25) is 0 Å². The molecule has 1 aliphatic heterocycles. The first kappa shape index (κ1) is 14.9. The highest BCUT2D eigenvalue weighted by Gasteiger charge is 2.16. The van der Waals surface area contributed by atoms with E-state index in [0.29, 0.717) is 0 Å². The monoisotopic (exact) mass is 321 g/mol. The second kappa shape index (κ2) is 6.09. The first-order valence-electron chi connectivity index (χ1n) is 8.24. The van der Waals surface area contributed by atoms with Gasteiger partial charge in [-0.25, -0.2) is 0 Å². The maximum atomic E-state index is 11.0. The molecule has 0 saturated carbocycles. The van der Waals surface area contributed by atoms with Crippen molar-refractivity contribution in [3.63, 3.8) is 0 Å². The van der Waals surface area contributed by atoms with Crippen molar-refractivity contribution >= 4 is 16.6 Å². The van der Waals surface area contributed by atoms with Crippen LogP contribution in [0.3, 0.4) is 0 Å². The highest BCUT2D eigenvalue weighted by Crippen LogP contribution is 2.25. The van der Waals surface area contributed by atoms with Gasteiger partial charge in [0.1, 0.15) is 0 Å². The molecule has 5 heteroatoms. The minimum Gasteiger partial charge on any atom is -0.361 e. The van der Waals surface area contributed by atoms with E-state index in [9.17, 15) is 10.1 Å². The summed E-state index contributed by atoms with van der Waals surface area (Å²) in [6.07, 6.45) is 3.96. The van der Waals surface area contributed by atoms with Gasteiger partial charge in [0.25, 0.3) is 5.69 Å². The lowest BCUT2D eigenvalue weighted by Gasteiger charge is -2.28. The molecule has 1 N–H and O–H groups in total. The molecule has 0 aliphatic carbocycles. The average molecular weight is 321 g/mol. The van der Waals surface area contributed by atoms with Crippen molar-refractivity contribution < 1.29 is 4.92 Å². The van der Waals surface area contributed by atoms with Crippen LogP contribution >= 0.6 is 0 Å². The van der Waals surface area contributed by atoms with Crippen molar-refractivity contribution in [1.29, 1.82) is 0 Å². The van der Waals surface area contributed by atoms with Crippen LogP contribution in [0.15, 0.2) is 48.7 Å². The molecule has 1 aromatic heterocycles. The van der Waals surface area contributed by atoms with Crippen LogP contribution in [0.1, 0.15) is 16.7 Å². The van der Waals surface area contributed by atoms with Crippen molar-refractivity contribution in [1.82, 2.24) is 9.88 Å². The van der Waals surface area contributed by atoms with Crippen LogP contribution in [0.4, 0.5) is 5.69 Å². The number of benzene rings is 2. The summed E-state index contributed by atoms with van der Waals surface area (Å²) < 4.78 is 0. The van der Waals surface area contributed by atoms with Crippen molar-refractivity contribution in [2.45, 2.75) is 19.4 Å². The number of nitro groups is 1. The van der Waals surface area contributed by atoms with E-state index in [0.717, 1.165) is 48.9 Å². The number of H-pyrrole nitrogens is 1. The summed E-state index contributed by atoms with van der Waals surface area (Å²) in [7, 11) is 0. The molecule has 0 spiro atoms. The Morgan fingerprint density at radius 3 is 2.83 bits per heavy atom. The second-order valence-electron chi connectivity index (χ2n) is 6.35. The Kier molecular flexibility index (Phi) is 3.78. The van der Waals surface area contributed by atoms with Gasteiger partial charge < -0.3 is 4.98 Å². The fourth-order valence-corrected chi connectivity index (χ4v) is 3.51. The summed E-state index contributed by atoms with van der Waals surface area (Å²) in [6.45, 7) is 3.02. The molecule has 0 fully saturated rings. The lowest BCUT2D eigenvalue weighted by Crippen LogP contribution is -2.32. The Labute approximate surface area is 140 Å². The summed E-state index contributed by atoms with van der Waals surface area (Å²) >= 11 is 0. The van der Waals surface area contributed by atoms with E-state index in [2.05, 4.69) is 34.1 Å². The summed E-state index contributed by atoms with van der Waals surface area (Å²) in [6, 6.07) is 13.6. The number of nitrogens with zero attached hydrogens (tertiary/aromatic N) is 2. The molecule has 122 valence electrons.